The molecule has 4 rings (SSSR count). The number of nitrogens with zero attached hydrogens (tertiary/aromatic N) is 2. The van der Waals surface area contributed by atoms with Gasteiger partial charge in [-0.15, -0.1) is 0 Å². The van der Waals surface area contributed by atoms with Gasteiger partial charge in [0.25, 0.3) is 0 Å². The van der Waals surface area contributed by atoms with Gasteiger partial charge in [-0.2, -0.15) is 4.31 Å². The number of hydrogen-bond acceptors (Lipinski definition) is 5. The zero-order valence-corrected chi connectivity index (χ0v) is 24.7. The average molecular weight is 596 g/mol. The van der Waals surface area contributed by atoms with Crippen molar-refractivity contribution in [2.45, 2.75) is 49.6 Å². The van der Waals surface area contributed by atoms with Crippen LogP contribution in [0, 0.1) is 5.82 Å². The third-order valence-electron chi connectivity index (χ3n) is 7.40. The van der Waals surface area contributed by atoms with E-state index in [9.17, 15) is 22.4 Å². The summed E-state index contributed by atoms with van der Waals surface area (Å²) in [6.07, 6.45) is 2.50. The number of methoxy groups -OCH3 is 1. The first kappa shape index (κ1) is 31.3. The molecule has 10 heteroatoms. The molecule has 1 unspecified atom stereocenters. The molecule has 3 aromatic carbocycles. The molecule has 0 spiro atoms. The van der Waals surface area contributed by atoms with Gasteiger partial charge >= 0.3 is 0 Å². The number of amides is 2. The summed E-state index contributed by atoms with van der Waals surface area (Å²) in [6.45, 7) is 1.82. The van der Waals surface area contributed by atoms with Crippen LogP contribution in [0.3, 0.4) is 0 Å². The molecule has 3 aromatic rings. The van der Waals surface area contributed by atoms with Gasteiger partial charge in [0.15, 0.2) is 0 Å². The second-order valence-corrected chi connectivity index (χ2v) is 12.3. The van der Waals surface area contributed by atoms with Crippen LogP contribution >= 0.6 is 0 Å². The van der Waals surface area contributed by atoms with Crippen molar-refractivity contribution in [1.29, 1.82) is 0 Å². The second kappa shape index (κ2) is 15.0. The molecule has 0 aliphatic carbocycles. The molecule has 42 heavy (non-hydrogen) atoms. The molecule has 1 fully saturated rings. The molecule has 1 aliphatic rings. The van der Waals surface area contributed by atoms with Crippen molar-refractivity contribution >= 4 is 21.8 Å². The minimum Gasteiger partial charge on any atom is -0.383 e. The molecule has 1 atom stereocenters. The predicted molar refractivity (Wildman–Crippen MR) is 159 cm³/mol. The minimum absolute atomic E-state index is 0.107. The van der Waals surface area contributed by atoms with E-state index in [-0.39, 0.29) is 35.5 Å². The lowest BCUT2D eigenvalue weighted by Gasteiger charge is -2.31. The van der Waals surface area contributed by atoms with Gasteiger partial charge in [0.1, 0.15) is 11.9 Å². The molecule has 224 valence electrons. The van der Waals surface area contributed by atoms with Gasteiger partial charge in [-0.05, 0) is 60.2 Å². The summed E-state index contributed by atoms with van der Waals surface area (Å²) in [6, 6.07) is 21.2. The lowest BCUT2D eigenvalue weighted by molar-refractivity contribution is -0.141. The van der Waals surface area contributed by atoms with Crippen LogP contribution in [0.5, 0.6) is 0 Å². The van der Waals surface area contributed by atoms with E-state index in [1.807, 2.05) is 30.3 Å². The standard InChI is InChI=1S/C32H38FN3O5S/c1-41-22-19-34-32(38)30(23-26-7-3-2-4-8-26)36(24-27-9-14-28(33)15-10-27)31(37)18-13-25-11-16-29(17-12-25)42(39,40)35-20-5-6-21-35/h2-4,7-12,14-17,30H,5-6,13,18-24H2,1H3,(H,34,38). The molecule has 0 bridgehead atoms. The molecule has 1 aliphatic heterocycles. The maximum absolute atomic E-state index is 13.8. The summed E-state index contributed by atoms with van der Waals surface area (Å²) in [7, 11) is -1.97. The fraction of sp³-hybridized carbons (Fsp3) is 0.375. The summed E-state index contributed by atoms with van der Waals surface area (Å²) >= 11 is 0. The highest BCUT2D eigenvalue weighted by molar-refractivity contribution is 7.89. The fourth-order valence-corrected chi connectivity index (χ4v) is 6.55. The highest BCUT2D eigenvalue weighted by atomic mass is 32.2. The molecule has 0 radical (unpaired) electrons. The van der Waals surface area contributed by atoms with Crippen LogP contribution in [0.25, 0.3) is 0 Å². The first-order valence-electron chi connectivity index (χ1n) is 14.2. The number of sulfonamides is 1. The Kier molecular flexibility index (Phi) is 11.2. The predicted octanol–water partition coefficient (Wildman–Crippen LogP) is 3.95. The van der Waals surface area contributed by atoms with E-state index < -0.39 is 16.1 Å². The van der Waals surface area contributed by atoms with Gasteiger partial charge in [-0.3, -0.25) is 9.59 Å². The Morgan fingerprint density at radius 2 is 1.57 bits per heavy atom. The van der Waals surface area contributed by atoms with E-state index >= 15 is 0 Å². The Bertz CT molecular complexity index is 1410. The first-order chi connectivity index (χ1) is 20.3. The van der Waals surface area contributed by atoms with Crippen LogP contribution < -0.4 is 5.32 Å². The average Bonchev–Trinajstić information content (AvgIpc) is 3.56. The Hall–Kier alpha value is -3.60. The number of halogens is 1. The van der Waals surface area contributed by atoms with Gasteiger partial charge in [0.2, 0.25) is 21.8 Å². The van der Waals surface area contributed by atoms with E-state index in [4.69, 9.17) is 4.74 Å². The van der Waals surface area contributed by atoms with Gasteiger partial charge in [0.05, 0.1) is 11.5 Å². The lowest BCUT2D eigenvalue weighted by atomic mass is 10.0. The molecule has 8 nitrogen and oxygen atoms in total. The number of aryl methyl sites for hydroxylation is 1. The van der Waals surface area contributed by atoms with Gasteiger partial charge < -0.3 is 15.0 Å². The van der Waals surface area contributed by atoms with Gasteiger partial charge in [-0.25, -0.2) is 12.8 Å². The maximum Gasteiger partial charge on any atom is 0.243 e. The summed E-state index contributed by atoms with van der Waals surface area (Å²) in [5, 5.41) is 2.87. The Morgan fingerprint density at radius 1 is 0.929 bits per heavy atom. The smallest absolute Gasteiger partial charge is 0.243 e. The maximum atomic E-state index is 13.8. The largest absolute Gasteiger partial charge is 0.383 e. The third kappa shape index (κ3) is 8.47. The fourth-order valence-electron chi connectivity index (χ4n) is 5.04. The van der Waals surface area contributed by atoms with Gasteiger partial charge in [0, 0.05) is 46.1 Å². The van der Waals surface area contributed by atoms with Crippen molar-refractivity contribution in [2.24, 2.45) is 0 Å². The van der Waals surface area contributed by atoms with Crippen LogP contribution in [0.4, 0.5) is 4.39 Å². The highest BCUT2D eigenvalue weighted by Gasteiger charge is 2.30. The van der Waals surface area contributed by atoms with E-state index in [1.54, 1.807) is 48.4 Å². The summed E-state index contributed by atoms with van der Waals surface area (Å²) in [5.74, 6) is -0.927. The van der Waals surface area contributed by atoms with E-state index in [1.165, 1.54) is 16.4 Å². The first-order valence-corrected chi connectivity index (χ1v) is 15.7. The quantitative estimate of drug-likeness (QED) is 0.285. The van der Waals surface area contributed by atoms with Crippen LogP contribution in [-0.2, 0) is 43.7 Å². The molecular formula is C32H38FN3O5S. The van der Waals surface area contributed by atoms with Crippen molar-refractivity contribution in [3.63, 3.8) is 0 Å². The number of carbonyl (C=O) groups excluding carboxylic acids is 2. The number of ether oxygens (including phenoxy) is 1. The van der Waals surface area contributed by atoms with Crippen molar-refractivity contribution in [2.75, 3.05) is 33.4 Å². The minimum atomic E-state index is -3.52. The summed E-state index contributed by atoms with van der Waals surface area (Å²) < 4.78 is 46.0. The Morgan fingerprint density at radius 3 is 2.21 bits per heavy atom. The number of hydrogen-bond donors (Lipinski definition) is 1. The van der Waals surface area contributed by atoms with Crippen LogP contribution in [0.1, 0.15) is 36.0 Å². The van der Waals surface area contributed by atoms with Crippen LogP contribution in [0.15, 0.2) is 83.8 Å². The van der Waals surface area contributed by atoms with Crippen molar-refractivity contribution in [3.05, 3.63) is 101 Å². The topological polar surface area (TPSA) is 96.0 Å². The monoisotopic (exact) mass is 595 g/mol. The number of nitrogens with one attached hydrogen (secondary N) is 1. The number of benzene rings is 3. The zero-order valence-electron chi connectivity index (χ0n) is 23.9. The zero-order chi connectivity index (χ0) is 30.0. The highest BCUT2D eigenvalue weighted by Crippen LogP contribution is 2.22. The summed E-state index contributed by atoms with van der Waals surface area (Å²) in [4.78, 5) is 29.0. The van der Waals surface area contributed by atoms with E-state index in [2.05, 4.69) is 5.32 Å². The molecule has 2 amide bonds. The summed E-state index contributed by atoms with van der Waals surface area (Å²) in [5.41, 5.74) is 2.41. The molecule has 0 saturated carbocycles. The molecule has 0 aromatic heterocycles. The molecule has 1 N–H and O–H groups in total. The van der Waals surface area contributed by atoms with Crippen LogP contribution in [-0.4, -0.2) is 68.8 Å². The molecular weight excluding hydrogens is 557 g/mol. The van der Waals surface area contributed by atoms with E-state index in [0.717, 1.165) is 24.0 Å². The number of rotatable bonds is 14. The van der Waals surface area contributed by atoms with E-state index in [0.29, 0.717) is 44.6 Å². The van der Waals surface area contributed by atoms with Crippen molar-refractivity contribution < 1.29 is 27.1 Å². The van der Waals surface area contributed by atoms with Crippen molar-refractivity contribution in [3.8, 4) is 0 Å². The Balaban J connectivity index is 1.54. The lowest BCUT2D eigenvalue weighted by Crippen LogP contribution is -2.51. The third-order valence-corrected chi connectivity index (χ3v) is 9.31. The Labute approximate surface area is 247 Å². The molecule has 1 saturated heterocycles. The van der Waals surface area contributed by atoms with Gasteiger partial charge in [-0.1, -0.05) is 54.6 Å². The number of carbonyl (C=O) groups is 2. The van der Waals surface area contributed by atoms with Crippen molar-refractivity contribution in [1.82, 2.24) is 14.5 Å². The second-order valence-electron chi connectivity index (χ2n) is 10.4. The molecule has 1 heterocycles. The normalized spacial score (nSPS) is 14.4. The SMILES string of the molecule is COCCNC(=O)C(Cc1ccccc1)N(Cc1ccc(F)cc1)C(=O)CCc1ccc(S(=O)(=O)N2CCCC2)cc1. The van der Waals surface area contributed by atoms with Crippen LogP contribution in [0.2, 0.25) is 0 Å².